The predicted molar refractivity (Wildman–Crippen MR) is 88.4 cm³/mol. The van der Waals surface area contributed by atoms with Crippen LogP contribution >= 0.6 is 0 Å². The maximum absolute atomic E-state index is 12.0. The Morgan fingerprint density at radius 1 is 1.00 bits per heavy atom. The van der Waals surface area contributed by atoms with Crippen molar-refractivity contribution >= 4 is 37.3 Å². The fourth-order valence-corrected chi connectivity index (χ4v) is 13.5. The highest BCUT2D eigenvalue weighted by atomic mass is 28.3. The summed E-state index contributed by atoms with van der Waals surface area (Å²) in [5.41, 5.74) is 0.0511. The molecular formula is C15H21NOSi2. The number of benzene rings is 1. The van der Waals surface area contributed by atoms with Crippen LogP contribution in [-0.2, 0) is 0 Å². The van der Waals surface area contributed by atoms with E-state index in [1.54, 1.807) is 16.6 Å². The van der Waals surface area contributed by atoms with Gasteiger partial charge in [-0.25, -0.2) is 0 Å². The highest BCUT2D eigenvalue weighted by Gasteiger charge is 2.39. The number of fused-ring (bicyclic) bond motifs is 2. The van der Waals surface area contributed by atoms with Crippen LogP contribution in [0.25, 0.3) is 10.8 Å². The minimum Gasteiger partial charge on any atom is -0.329 e. The Hall–Kier alpha value is -1.14. The molecule has 0 saturated carbocycles. The second-order valence-electron chi connectivity index (χ2n) is 7.06. The van der Waals surface area contributed by atoms with E-state index in [4.69, 9.17) is 0 Å². The summed E-state index contributed by atoms with van der Waals surface area (Å²) in [5.74, 6) is 0. The van der Waals surface area contributed by atoms with Gasteiger partial charge in [0.05, 0.1) is 16.1 Å². The SMILES string of the molecule is C[Si]1(C)CC[Si](C)(C)c2cc3c(=O)[nH]ccc3cc21. The van der Waals surface area contributed by atoms with E-state index in [9.17, 15) is 4.79 Å². The van der Waals surface area contributed by atoms with Gasteiger partial charge in [0.2, 0.25) is 0 Å². The van der Waals surface area contributed by atoms with E-state index in [0.717, 1.165) is 10.8 Å². The molecule has 0 saturated heterocycles. The summed E-state index contributed by atoms with van der Waals surface area (Å²) in [5, 5.41) is 5.12. The minimum atomic E-state index is -1.36. The lowest BCUT2D eigenvalue weighted by Crippen LogP contribution is -2.63. The van der Waals surface area contributed by atoms with Crippen molar-refractivity contribution in [2.75, 3.05) is 0 Å². The van der Waals surface area contributed by atoms with Gasteiger partial charge in [-0.1, -0.05) is 54.7 Å². The van der Waals surface area contributed by atoms with Crippen LogP contribution < -0.4 is 15.9 Å². The molecule has 0 aliphatic carbocycles. The lowest BCUT2D eigenvalue weighted by molar-refractivity contribution is 1.27. The summed E-state index contributed by atoms with van der Waals surface area (Å²) < 4.78 is 0. The number of nitrogens with one attached hydrogen (secondary N) is 1. The summed E-state index contributed by atoms with van der Waals surface area (Å²) in [6.45, 7) is 9.82. The molecule has 100 valence electrons. The highest BCUT2D eigenvalue weighted by molar-refractivity contribution is 7.03. The van der Waals surface area contributed by atoms with Crippen molar-refractivity contribution in [3.63, 3.8) is 0 Å². The second kappa shape index (κ2) is 3.93. The standard InChI is InChI=1S/C15H21NOSi2/c1-18(2)7-8-19(3,4)14-10-12-11(9-13(14)18)5-6-16-15(12)17/h5-6,9-10H,7-8H2,1-4H3,(H,16,17). The number of hydrogen-bond donors (Lipinski definition) is 1. The third-order valence-electron chi connectivity index (χ3n) is 4.74. The molecule has 0 fully saturated rings. The number of aromatic amines is 1. The number of rotatable bonds is 0. The lowest BCUT2D eigenvalue weighted by Gasteiger charge is -2.39. The molecule has 0 spiro atoms. The third-order valence-corrected chi connectivity index (χ3v) is 12.2. The molecule has 0 radical (unpaired) electrons. The predicted octanol–water partition coefficient (Wildman–Crippen LogP) is 2.37. The first kappa shape index (κ1) is 12.9. The molecule has 1 aromatic heterocycles. The molecular weight excluding hydrogens is 266 g/mol. The normalized spacial score (nSPS) is 20.2. The van der Waals surface area contributed by atoms with Crippen molar-refractivity contribution in [1.29, 1.82) is 0 Å². The Morgan fingerprint density at radius 3 is 2.21 bits per heavy atom. The smallest absolute Gasteiger partial charge is 0.255 e. The first-order valence-corrected chi connectivity index (χ1v) is 13.4. The molecule has 2 heterocycles. The van der Waals surface area contributed by atoms with Gasteiger partial charge in [0.25, 0.3) is 5.56 Å². The van der Waals surface area contributed by atoms with Gasteiger partial charge in [-0.15, -0.1) is 0 Å². The van der Waals surface area contributed by atoms with E-state index >= 15 is 0 Å². The molecule has 0 amide bonds. The van der Waals surface area contributed by atoms with Crippen LogP contribution in [0.15, 0.2) is 29.2 Å². The van der Waals surface area contributed by atoms with Crippen LogP contribution in [-0.4, -0.2) is 21.1 Å². The summed E-state index contributed by atoms with van der Waals surface area (Å²) >= 11 is 0. The topological polar surface area (TPSA) is 32.9 Å². The van der Waals surface area contributed by atoms with Crippen molar-refractivity contribution in [3.05, 3.63) is 34.7 Å². The van der Waals surface area contributed by atoms with Crippen LogP contribution in [0.5, 0.6) is 0 Å². The first-order valence-electron chi connectivity index (χ1n) is 6.98. The van der Waals surface area contributed by atoms with Gasteiger partial charge in [-0.3, -0.25) is 4.79 Å². The molecule has 2 aromatic rings. The fraction of sp³-hybridized carbons (Fsp3) is 0.400. The molecule has 1 aromatic carbocycles. The van der Waals surface area contributed by atoms with Gasteiger partial charge in [-0.05, 0) is 17.5 Å². The van der Waals surface area contributed by atoms with Crippen molar-refractivity contribution < 1.29 is 0 Å². The van der Waals surface area contributed by atoms with Gasteiger partial charge in [0.15, 0.2) is 0 Å². The molecule has 1 N–H and O–H groups in total. The van der Waals surface area contributed by atoms with Gasteiger partial charge < -0.3 is 4.98 Å². The average Bonchev–Trinajstić information content (AvgIpc) is 2.35. The Bertz CT molecular complexity index is 716. The molecule has 4 heteroatoms. The fourth-order valence-electron chi connectivity index (χ4n) is 3.25. The maximum atomic E-state index is 12.0. The zero-order valence-electron chi connectivity index (χ0n) is 12.1. The number of hydrogen-bond acceptors (Lipinski definition) is 1. The Morgan fingerprint density at radius 2 is 1.58 bits per heavy atom. The number of H-pyrrole nitrogens is 1. The van der Waals surface area contributed by atoms with Crippen LogP contribution in [0, 0.1) is 0 Å². The van der Waals surface area contributed by atoms with Crippen LogP contribution in [0.1, 0.15) is 0 Å². The molecule has 0 atom stereocenters. The van der Waals surface area contributed by atoms with E-state index in [1.165, 1.54) is 12.1 Å². The summed E-state index contributed by atoms with van der Waals surface area (Å²) in [6.07, 6.45) is 1.76. The van der Waals surface area contributed by atoms with Crippen molar-refractivity contribution in [2.45, 2.75) is 38.3 Å². The Kier molecular flexibility index (Phi) is 2.66. The minimum absolute atomic E-state index is 0.0511. The summed E-state index contributed by atoms with van der Waals surface area (Å²) in [4.78, 5) is 14.8. The molecule has 2 nitrogen and oxygen atoms in total. The summed E-state index contributed by atoms with van der Waals surface area (Å²) in [7, 11) is -2.67. The van der Waals surface area contributed by atoms with E-state index in [-0.39, 0.29) is 5.56 Å². The quantitative estimate of drug-likeness (QED) is 0.742. The van der Waals surface area contributed by atoms with Crippen molar-refractivity contribution in [2.24, 2.45) is 0 Å². The van der Waals surface area contributed by atoms with Gasteiger partial charge in [0, 0.05) is 11.6 Å². The first-order chi connectivity index (χ1) is 8.81. The van der Waals surface area contributed by atoms with Crippen LogP contribution in [0.3, 0.4) is 0 Å². The van der Waals surface area contributed by atoms with E-state index < -0.39 is 16.1 Å². The Balaban J connectivity index is 2.42. The second-order valence-corrected chi connectivity index (χ2v) is 16.7. The Labute approximate surface area is 115 Å². The number of aromatic nitrogens is 1. The maximum Gasteiger partial charge on any atom is 0.255 e. The highest BCUT2D eigenvalue weighted by Crippen LogP contribution is 2.26. The lowest BCUT2D eigenvalue weighted by atomic mass is 10.2. The van der Waals surface area contributed by atoms with Crippen molar-refractivity contribution in [3.8, 4) is 0 Å². The monoisotopic (exact) mass is 287 g/mol. The summed E-state index contributed by atoms with van der Waals surface area (Å²) in [6, 6.07) is 9.33. The average molecular weight is 288 g/mol. The molecule has 0 bridgehead atoms. The van der Waals surface area contributed by atoms with E-state index in [2.05, 4.69) is 43.3 Å². The largest absolute Gasteiger partial charge is 0.329 e. The van der Waals surface area contributed by atoms with Gasteiger partial charge in [0.1, 0.15) is 0 Å². The molecule has 1 aliphatic heterocycles. The zero-order chi connectivity index (χ0) is 13.8. The zero-order valence-corrected chi connectivity index (χ0v) is 14.1. The van der Waals surface area contributed by atoms with Gasteiger partial charge >= 0.3 is 0 Å². The molecule has 19 heavy (non-hydrogen) atoms. The van der Waals surface area contributed by atoms with Gasteiger partial charge in [-0.2, -0.15) is 0 Å². The van der Waals surface area contributed by atoms with Crippen molar-refractivity contribution in [1.82, 2.24) is 4.98 Å². The van der Waals surface area contributed by atoms with E-state index in [1.807, 2.05) is 6.07 Å². The van der Waals surface area contributed by atoms with Crippen LogP contribution in [0.2, 0.25) is 38.3 Å². The van der Waals surface area contributed by atoms with E-state index in [0.29, 0.717) is 0 Å². The molecule has 0 unspecified atom stereocenters. The van der Waals surface area contributed by atoms with Crippen LogP contribution in [0.4, 0.5) is 0 Å². The third kappa shape index (κ3) is 1.94. The molecule has 1 aliphatic rings. The molecule has 3 rings (SSSR count). The number of pyridine rings is 1.